The summed E-state index contributed by atoms with van der Waals surface area (Å²) in [6.07, 6.45) is 14.6. The van der Waals surface area contributed by atoms with Crippen molar-refractivity contribution in [1.82, 2.24) is 4.90 Å². The third-order valence-corrected chi connectivity index (χ3v) is 10.2. The molecule has 4 heteroatoms. The van der Waals surface area contributed by atoms with E-state index in [9.17, 15) is 9.59 Å². The zero-order chi connectivity index (χ0) is 24.2. The lowest BCUT2D eigenvalue weighted by Crippen LogP contribution is -2.49. The molecule has 2 saturated carbocycles. The normalized spacial score (nSPS) is 36.2. The summed E-state index contributed by atoms with van der Waals surface area (Å²) >= 11 is 0. The zero-order valence-electron chi connectivity index (χ0n) is 21.4. The molecule has 0 bridgehead atoms. The molecule has 1 unspecified atom stereocenters. The highest BCUT2D eigenvalue weighted by atomic mass is 16.5. The Morgan fingerprint density at radius 2 is 1.83 bits per heavy atom. The van der Waals surface area contributed by atoms with Crippen LogP contribution in [0.4, 0.5) is 0 Å². The molecule has 0 radical (unpaired) electrons. The van der Waals surface area contributed by atoms with Crippen LogP contribution in [0, 0.1) is 22.7 Å². The SMILES string of the molecule is C[C@]12CCCC=C1CC[C@@H]1C2=C(C(=O)N2CCCC2C(=O)Oc2ccccc2)C[C@]2(C)CCC[C@@H]12. The highest BCUT2D eigenvalue weighted by molar-refractivity contribution is 5.98. The second-order valence-electron chi connectivity index (χ2n) is 12.2. The van der Waals surface area contributed by atoms with E-state index in [4.69, 9.17) is 4.74 Å². The van der Waals surface area contributed by atoms with E-state index in [1.54, 1.807) is 17.7 Å². The van der Waals surface area contributed by atoms with Crippen LogP contribution in [0.15, 0.2) is 53.1 Å². The lowest BCUT2D eigenvalue weighted by molar-refractivity contribution is -0.145. The number of nitrogens with zero attached hydrogens (tertiary/aromatic N) is 1. The molecule has 1 aliphatic heterocycles. The average Bonchev–Trinajstić information content (AvgIpc) is 3.50. The third kappa shape index (κ3) is 3.70. The van der Waals surface area contributed by atoms with E-state index in [1.807, 2.05) is 23.1 Å². The first-order chi connectivity index (χ1) is 16.9. The zero-order valence-corrected chi connectivity index (χ0v) is 21.4. The fourth-order valence-electron chi connectivity index (χ4n) is 8.58. The van der Waals surface area contributed by atoms with Gasteiger partial charge >= 0.3 is 5.97 Å². The first-order valence-corrected chi connectivity index (χ1v) is 13.9. The number of fused-ring (bicyclic) bond motifs is 5. The number of ether oxygens (including phenoxy) is 1. The molecular weight excluding hydrogens is 434 g/mol. The fraction of sp³-hybridized carbons (Fsp3) is 0.613. The molecule has 1 aromatic carbocycles. The molecule has 1 saturated heterocycles. The van der Waals surface area contributed by atoms with Gasteiger partial charge < -0.3 is 9.64 Å². The van der Waals surface area contributed by atoms with Crippen LogP contribution in [-0.2, 0) is 9.59 Å². The van der Waals surface area contributed by atoms with Crippen molar-refractivity contribution in [3.63, 3.8) is 0 Å². The standard InChI is InChI=1S/C31H39NO3/c1-30-17-8-13-25(30)23-16-15-21-10-6-7-18-31(21,2)27(23)24(20-30)28(33)32-19-9-14-26(32)29(34)35-22-11-4-3-5-12-22/h3-5,10-12,23,25-26H,6-9,13-20H2,1-2H3/t23-,25-,26?,30-,31-/m0/s1. The molecule has 1 heterocycles. The highest BCUT2D eigenvalue weighted by Gasteiger charge is 2.56. The lowest BCUT2D eigenvalue weighted by atomic mass is 9.50. The first-order valence-electron chi connectivity index (χ1n) is 13.9. The highest BCUT2D eigenvalue weighted by Crippen LogP contribution is 2.65. The van der Waals surface area contributed by atoms with E-state index in [0.29, 0.717) is 30.6 Å². The first kappa shape index (κ1) is 23.1. The quantitative estimate of drug-likeness (QED) is 0.282. The summed E-state index contributed by atoms with van der Waals surface area (Å²) in [6.45, 7) is 5.51. The van der Waals surface area contributed by atoms with Crippen molar-refractivity contribution in [2.75, 3.05) is 6.54 Å². The Kier molecular flexibility index (Phi) is 5.69. The number of amides is 1. The van der Waals surface area contributed by atoms with Gasteiger partial charge in [-0.3, -0.25) is 4.79 Å². The van der Waals surface area contributed by atoms with Crippen LogP contribution in [0.3, 0.4) is 0 Å². The molecule has 4 nitrogen and oxygen atoms in total. The number of likely N-dealkylation sites (tertiary alicyclic amines) is 1. The number of rotatable bonds is 3. The van der Waals surface area contributed by atoms with Gasteiger partial charge in [0.1, 0.15) is 11.8 Å². The summed E-state index contributed by atoms with van der Waals surface area (Å²) in [4.78, 5) is 29.5. The number of carbonyl (C=O) groups excluding carboxylic acids is 2. The van der Waals surface area contributed by atoms with E-state index < -0.39 is 6.04 Å². The molecule has 1 amide bonds. The monoisotopic (exact) mass is 473 g/mol. The fourth-order valence-corrected chi connectivity index (χ4v) is 8.58. The van der Waals surface area contributed by atoms with Crippen LogP contribution in [0.2, 0.25) is 0 Å². The number of allylic oxidation sites excluding steroid dienone is 3. The topological polar surface area (TPSA) is 46.6 Å². The minimum Gasteiger partial charge on any atom is -0.425 e. The van der Waals surface area contributed by atoms with E-state index in [2.05, 4.69) is 19.9 Å². The Balaban J connectivity index is 1.37. The van der Waals surface area contributed by atoms with Gasteiger partial charge in [-0.1, -0.05) is 50.1 Å². The second-order valence-corrected chi connectivity index (χ2v) is 12.2. The summed E-state index contributed by atoms with van der Waals surface area (Å²) in [5.74, 6) is 1.60. The smallest absolute Gasteiger partial charge is 0.334 e. The second kappa shape index (κ2) is 8.64. The van der Waals surface area contributed by atoms with Gasteiger partial charge in [-0.05, 0) is 99.2 Å². The van der Waals surface area contributed by atoms with Crippen molar-refractivity contribution in [2.45, 2.75) is 90.5 Å². The molecule has 0 spiro atoms. The van der Waals surface area contributed by atoms with Gasteiger partial charge in [-0.2, -0.15) is 0 Å². The van der Waals surface area contributed by atoms with Crippen molar-refractivity contribution < 1.29 is 14.3 Å². The summed E-state index contributed by atoms with van der Waals surface area (Å²) in [5, 5.41) is 0. The molecule has 0 aromatic heterocycles. The maximum Gasteiger partial charge on any atom is 0.334 e. The maximum atomic E-state index is 14.4. The van der Waals surface area contributed by atoms with Crippen molar-refractivity contribution in [3.05, 3.63) is 53.1 Å². The van der Waals surface area contributed by atoms with Crippen LogP contribution >= 0.6 is 0 Å². The lowest BCUT2D eigenvalue weighted by Gasteiger charge is -2.54. The molecule has 1 aromatic rings. The van der Waals surface area contributed by atoms with Crippen molar-refractivity contribution >= 4 is 11.9 Å². The van der Waals surface area contributed by atoms with Crippen molar-refractivity contribution in [1.29, 1.82) is 0 Å². The van der Waals surface area contributed by atoms with Crippen molar-refractivity contribution in [3.8, 4) is 5.75 Å². The van der Waals surface area contributed by atoms with E-state index >= 15 is 0 Å². The number of benzene rings is 1. The Bertz CT molecular complexity index is 1090. The summed E-state index contributed by atoms with van der Waals surface area (Å²) in [6, 6.07) is 8.76. The number of hydrogen-bond acceptors (Lipinski definition) is 3. The molecule has 5 aliphatic rings. The molecule has 186 valence electrons. The van der Waals surface area contributed by atoms with Crippen LogP contribution in [0.25, 0.3) is 0 Å². The van der Waals surface area contributed by atoms with Crippen LogP contribution < -0.4 is 4.74 Å². The average molecular weight is 474 g/mol. The van der Waals surface area contributed by atoms with Gasteiger partial charge in [0, 0.05) is 17.5 Å². The van der Waals surface area contributed by atoms with Gasteiger partial charge in [0.05, 0.1) is 0 Å². The number of hydrogen-bond donors (Lipinski definition) is 0. The van der Waals surface area contributed by atoms with Crippen molar-refractivity contribution in [2.24, 2.45) is 22.7 Å². The van der Waals surface area contributed by atoms with E-state index in [-0.39, 0.29) is 22.7 Å². The Hall–Kier alpha value is -2.36. The molecule has 0 N–H and O–H groups in total. The number of para-hydroxylation sites is 1. The largest absolute Gasteiger partial charge is 0.425 e. The predicted molar refractivity (Wildman–Crippen MR) is 137 cm³/mol. The Morgan fingerprint density at radius 1 is 1.00 bits per heavy atom. The number of carbonyl (C=O) groups is 2. The van der Waals surface area contributed by atoms with E-state index in [1.165, 1.54) is 50.5 Å². The molecule has 3 fully saturated rings. The van der Waals surface area contributed by atoms with Gasteiger partial charge in [0.2, 0.25) is 0 Å². The van der Waals surface area contributed by atoms with Crippen LogP contribution in [0.1, 0.15) is 84.5 Å². The molecule has 4 aliphatic carbocycles. The summed E-state index contributed by atoms with van der Waals surface area (Å²) in [5.41, 5.74) is 4.33. The van der Waals surface area contributed by atoms with E-state index in [0.717, 1.165) is 24.8 Å². The van der Waals surface area contributed by atoms with Gasteiger partial charge in [0.15, 0.2) is 0 Å². The maximum absolute atomic E-state index is 14.4. The van der Waals surface area contributed by atoms with Crippen LogP contribution in [-0.4, -0.2) is 29.4 Å². The molecule has 5 atom stereocenters. The van der Waals surface area contributed by atoms with Crippen LogP contribution in [0.5, 0.6) is 5.75 Å². The minimum atomic E-state index is -0.485. The molecule has 35 heavy (non-hydrogen) atoms. The predicted octanol–water partition coefficient (Wildman–Crippen LogP) is 6.62. The summed E-state index contributed by atoms with van der Waals surface area (Å²) < 4.78 is 5.71. The van der Waals surface area contributed by atoms with Gasteiger partial charge in [0.25, 0.3) is 5.91 Å². The Labute approximate surface area is 209 Å². The third-order valence-electron chi connectivity index (χ3n) is 10.2. The summed E-state index contributed by atoms with van der Waals surface area (Å²) in [7, 11) is 0. The molecular formula is C31H39NO3. The Morgan fingerprint density at radius 3 is 2.66 bits per heavy atom. The van der Waals surface area contributed by atoms with Gasteiger partial charge in [-0.15, -0.1) is 0 Å². The number of esters is 1. The molecule has 6 rings (SSSR count). The van der Waals surface area contributed by atoms with Gasteiger partial charge in [-0.25, -0.2) is 4.79 Å². The minimum absolute atomic E-state index is 0.0237.